The van der Waals surface area contributed by atoms with Crippen LogP contribution in [0.4, 0.5) is 0 Å². The van der Waals surface area contributed by atoms with Crippen molar-refractivity contribution in [1.29, 1.82) is 0 Å². The smallest absolute Gasteiger partial charge is 0.192 e. The van der Waals surface area contributed by atoms with Gasteiger partial charge in [-0.2, -0.15) is 0 Å². The first-order chi connectivity index (χ1) is 13.8. The summed E-state index contributed by atoms with van der Waals surface area (Å²) in [4.78, 5) is 0. The summed E-state index contributed by atoms with van der Waals surface area (Å²) >= 11 is 0. The van der Waals surface area contributed by atoms with Crippen molar-refractivity contribution in [3.05, 3.63) is 11.6 Å². The van der Waals surface area contributed by atoms with Crippen molar-refractivity contribution in [2.45, 2.75) is 123 Å². The lowest BCUT2D eigenvalue weighted by molar-refractivity contribution is -0.115. The number of aliphatic hydroxyl groups is 1. The third kappa shape index (κ3) is 3.41. The molecule has 4 saturated carbocycles. The minimum absolute atomic E-state index is 0.192. The quantitative estimate of drug-likeness (QED) is 0.365. The summed E-state index contributed by atoms with van der Waals surface area (Å²) in [7, 11) is -1.69. The van der Waals surface area contributed by atoms with E-state index < -0.39 is 8.32 Å². The van der Waals surface area contributed by atoms with Crippen LogP contribution in [0.2, 0.25) is 18.1 Å². The highest BCUT2D eigenvalue weighted by Gasteiger charge is 2.60. The van der Waals surface area contributed by atoms with Crippen molar-refractivity contribution < 1.29 is 9.53 Å². The molecule has 0 aromatic carbocycles. The number of rotatable bonds is 2. The fraction of sp³-hybridized carbons (Fsp3) is 0.926. The van der Waals surface area contributed by atoms with E-state index in [9.17, 15) is 5.11 Å². The van der Waals surface area contributed by atoms with Crippen molar-refractivity contribution in [3.63, 3.8) is 0 Å². The highest BCUT2D eigenvalue weighted by Crippen LogP contribution is 2.67. The summed E-state index contributed by atoms with van der Waals surface area (Å²) in [6.07, 6.45) is 12.8. The number of allylic oxidation sites excluding steroid dienone is 1. The molecule has 0 heterocycles. The van der Waals surface area contributed by atoms with Gasteiger partial charge in [-0.05, 0) is 116 Å². The monoisotopic (exact) mass is 432 g/mol. The van der Waals surface area contributed by atoms with Gasteiger partial charge in [0.25, 0.3) is 0 Å². The molecule has 172 valence electrons. The average molecular weight is 433 g/mol. The first-order valence-corrected chi connectivity index (χ1v) is 15.8. The second kappa shape index (κ2) is 7.45. The molecule has 0 saturated heterocycles. The number of aliphatic hydroxyl groups excluding tert-OH is 1. The average Bonchev–Trinajstić information content (AvgIpc) is 2.90. The minimum Gasteiger partial charge on any atom is -0.414 e. The van der Waals surface area contributed by atoms with E-state index in [1.165, 1.54) is 50.5 Å². The maximum atomic E-state index is 10.8. The van der Waals surface area contributed by atoms with Crippen LogP contribution in [0.5, 0.6) is 0 Å². The van der Waals surface area contributed by atoms with Gasteiger partial charge in [0.1, 0.15) is 0 Å². The number of fused-ring (bicyclic) bond motifs is 5. The van der Waals surface area contributed by atoms with Gasteiger partial charge in [-0.15, -0.1) is 0 Å². The molecule has 0 radical (unpaired) electrons. The van der Waals surface area contributed by atoms with Gasteiger partial charge >= 0.3 is 0 Å². The van der Waals surface area contributed by atoms with Crippen LogP contribution in [0.3, 0.4) is 0 Å². The lowest BCUT2D eigenvalue weighted by Gasteiger charge is -2.61. The Morgan fingerprint density at radius 3 is 2.33 bits per heavy atom. The van der Waals surface area contributed by atoms with Gasteiger partial charge in [-0.3, -0.25) is 0 Å². The van der Waals surface area contributed by atoms with E-state index in [0.717, 1.165) is 24.2 Å². The highest BCUT2D eigenvalue weighted by atomic mass is 28.4. The maximum Gasteiger partial charge on any atom is 0.192 e. The molecule has 0 spiro atoms. The molecule has 4 aliphatic carbocycles. The van der Waals surface area contributed by atoms with Gasteiger partial charge < -0.3 is 9.53 Å². The molecule has 4 rings (SSSR count). The fourth-order valence-electron chi connectivity index (χ4n) is 8.30. The van der Waals surface area contributed by atoms with Crippen LogP contribution in [0, 0.1) is 34.5 Å². The van der Waals surface area contributed by atoms with Crippen LogP contribution in [0.25, 0.3) is 0 Å². The van der Waals surface area contributed by atoms with Crippen LogP contribution in [-0.4, -0.2) is 25.6 Å². The van der Waals surface area contributed by atoms with Crippen LogP contribution in [-0.2, 0) is 4.43 Å². The van der Waals surface area contributed by atoms with Crippen molar-refractivity contribution in [2.75, 3.05) is 0 Å². The van der Waals surface area contributed by atoms with E-state index >= 15 is 0 Å². The molecule has 8 atom stereocenters. The Morgan fingerprint density at radius 2 is 1.70 bits per heavy atom. The Morgan fingerprint density at radius 1 is 1.00 bits per heavy atom. The van der Waals surface area contributed by atoms with Gasteiger partial charge in [0.05, 0.1) is 6.10 Å². The van der Waals surface area contributed by atoms with Crippen LogP contribution < -0.4 is 0 Å². The van der Waals surface area contributed by atoms with Crippen molar-refractivity contribution in [2.24, 2.45) is 34.5 Å². The summed E-state index contributed by atoms with van der Waals surface area (Å²) in [5, 5.41) is 11.1. The highest BCUT2D eigenvalue weighted by molar-refractivity contribution is 6.74. The Balaban J connectivity index is 1.50. The standard InChI is InChI=1S/C27H48O2Si/c1-9-21-24(28)17-23-20-11-10-18-16-19(29-30(7,8)25(2,3)4)12-14-26(18,5)22(20)13-15-27(21,23)6/h9,18-20,22-24,28H,10-17H2,1-8H3/t18?,19?,20-,22+,23+,24?,26+,27-/m1/s1. The molecule has 0 aromatic heterocycles. The van der Waals surface area contributed by atoms with E-state index in [1.54, 1.807) is 0 Å². The predicted octanol–water partition coefficient (Wildman–Crippen LogP) is 7.34. The maximum absolute atomic E-state index is 10.8. The summed E-state index contributed by atoms with van der Waals surface area (Å²) < 4.78 is 6.90. The van der Waals surface area contributed by atoms with Crippen molar-refractivity contribution >= 4 is 8.32 Å². The molecule has 0 bridgehead atoms. The zero-order valence-corrected chi connectivity index (χ0v) is 22.1. The first kappa shape index (κ1) is 23.0. The van der Waals surface area contributed by atoms with Crippen LogP contribution in [0.15, 0.2) is 11.6 Å². The molecule has 3 unspecified atom stereocenters. The van der Waals surface area contributed by atoms with E-state index in [0.29, 0.717) is 22.5 Å². The van der Waals surface area contributed by atoms with E-state index in [2.05, 4.69) is 60.7 Å². The van der Waals surface area contributed by atoms with Crippen molar-refractivity contribution in [1.82, 2.24) is 0 Å². The molecule has 0 aliphatic heterocycles. The SMILES string of the molecule is CC=C1C(O)C[C@H]2[C@@H]3CCC4CC(O[Si](C)(C)C(C)(C)C)CC[C@]4(C)[C@H]3CC[C@]12C. The molecule has 3 heteroatoms. The van der Waals surface area contributed by atoms with Crippen LogP contribution in [0.1, 0.15) is 92.9 Å². The number of hydrogen-bond donors (Lipinski definition) is 1. The largest absolute Gasteiger partial charge is 0.414 e. The first-order valence-electron chi connectivity index (χ1n) is 12.9. The lowest BCUT2D eigenvalue weighted by Crippen LogP contribution is -2.54. The van der Waals surface area contributed by atoms with Gasteiger partial charge in [0.15, 0.2) is 8.32 Å². The van der Waals surface area contributed by atoms with Gasteiger partial charge in [0, 0.05) is 6.10 Å². The summed E-state index contributed by atoms with van der Waals surface area (Å²) in [6.45, 7) is 19.2. The van der Waals surface area contributed by atoms with E-state index in [1.807, 2.05) is 0 Å². The predicted molar refractivity (Wildman–Crippen MR) is 129 cm³/mol. The number of hydrogen-bond acceptors (Lipinski definition) is 2. The summed E-state index contributed by atoms with van der Waals surface area (Å²) in [5.74, 6) is 3.19. The van der Waals surface area contributed by atoms with E-state index in [-0.39, 0.29) is 11.5 Å². The zero-order valence-electron chi connectivity index (χ0n) is 21.1. The summed E-state index contributed by atoms with van der Waals surface area (Å²) in [6, 6.07) is 0. The molecule has 4 fully saturated rings. The van der Waals surface area contributed by atoms with Crippen molar-refractivity contribution in [3.8, 4) is 0 Å². The molecule has 0 aromatic rings. The zero-order chi connectivity index (χ0) is 22.1. The van der Waals surface area contributed by atoms with Gasteiger partial charge in [-0.25, -0.2) is 0 Å². The van der Waals surface area contributed by atoms with Gasteiger partial charge in [0.2, 0.25) is 0 Å². The molecule has 1 N–H and O–H groups in total. The third-order valence-corrected chi connectivity index (χ3v) is 15.6. The third-order valence-electron chi connectivity index (χ3n) is 11.1. The molecular formula is C27H48O2Si. The molecule has 30 heavy (non-hydrogen) atoms. The Hall–Kier alpha value is -0.123. The fourth-order valence-corrected chi connectivity index (χ4v) is 9.70. The molecule has 0 amide bonds. The molecule has 2 nitrogen and oxygen atoms in total. The second-order valence-electron chi connectivity index (χ2n) is 13.4. The normalized spacial score (nSPS) is 48.2. The van der Waals surface area contributed by atoms with Gasteiger partial charge in [-0.1, -0.05) is 40.7 Å². The molecule has 4 aliphatic rings. The Kier molecular flexibility index (Phi) is 5.73. The Bertz CT molecular complexity index is 691. The Labute approximate surface area is 187 Å². The minimum atomic E-state index is -1.69. The lowest BCUT2D eigenvalue weighted by atomic mass is 9.45. The van der Waals surface area contributed by atoms with Crippen LogP contribution >= 0.6 is 0 Å². The molecular weight excluding hydrogens is 384 g/mol. The summed E-state index contributed by atoms with van der Waals surface area (Å²) in [5.41, 5.74) is 2.09. The second-order valence-corrected chi connectivity index (χ2v) is 18.1. The van der Waals surface area contributed by atoms with E-state index in [4.69, 9.17) is 4.43 Å². The topological polar surface area (TPSA) is 29.5 Å².